The molecule has 5 rings (SSSR count). The van der Waals surface area contributed by atoms with E-state index in [4.69, 9.17) is 4.74 Å². The lowest BCUT2D eigenvalue weighted by molar-refractivity contribution is -0.127. The first kappa shape index (κ1) is 25.8. The van der Waals surface area contributed by atoms with E-state index >= 15 is 0 Å². The second-order valence-corrected chi connectivity index (χ2v) is 12.6. The van der Waals surface area contributed by atoms with E-state index in [9.17, 15) is 13.2 Å². The van der Waals surface area contributed by atoms with Crippen molar-refractivity contribution in [1.82, 2.24) is 5.32 Å². The van der Waals surface area contributed by atoms with E-state index in [0.29, 0.717) is 18.0 Å². The fourth-order valence-corrected chi connectivity index (χ4v) is 6.13. The lowest BCUT2D eigenvalue weighted by Crippen LogP contribution is -2.50. The molecular weight excluding hydrogens is 496 g/mol. The molecule has 0 aromatic heterocycles. The predicted octanol–water partition coefficient (Wildman–Crippen LogP) is 5.72. The van der Waals surface area contributed by atoms with Gasteiger partial charge in [-0.3, -0.25) is 9.10 Å². The number of anilines is 1. The molecule has 6 nitrogen and oxygen atoms in total. The van der Waals surface area contributed by atoms with Crippen molar-refractivity contribution in [3.05, 3.63) is 102 Å². The number of carbonyl (C=O) groups is 1. The van der Waals surface area contributed by atoms with Gasteiger partial charge in [-0.2, -0.15) is 0 Å². The summed E-state index contributed by atoms with van der Waals surface area (Å²) in [5, 5.41) is 5.11. The fraction of sp³-hybridized carbons (Fsp3) is 0.258. The van der Waals surface area contributed by atoms with Gasteiger partial charge < -0.3 is 10.1 Å². The van der Waals surface area contributed by atoms with E-state index in [0.717, 1.165) is 27.5 Å². The summed E-state index contributed by atoms with van der Waals surface area (Å²) < 4.78 is 35.1. The molecular formula is C31H32N2O4S. The summed E-state index contributed by atoms with van der Waals surface area (Å²) in [4.78, 5) is 13.5. The largest absolute Gasteiger partial charge is 0.476 e. The minimum Gasteiger partial charge on any atom is -0.476 e. The summed E-state index contributed by atoms with van der Waals surface area (Å²) in [6.07, 6.45) is -1.00. The van der Waals surface area contributed by atoms with Crippen molar-refractivity contribution >= 4 is 32.4 Å². The molecule has 4 aromatic rings. The molecule has 38 heavy (non-hydrogen) atoms. The number of sulfonamides is 1. The number of aryl methyl sites for hydroxylation is 1. The monoisotopic (exact) mass is 528 g/mol. The number of rotatable bonds is 5. The van der Waals surface area contributed by atoms with Crippen LogP contribution in [0.2, 0.25) is 0 Å². The number of hydrogen-bond acceptors (Lipinski definition) is 4. The van der Waals surface area contributed by atoms with Gasteiger partial charge in [-0.15, -0.1) is 0 Å². The second-order valence-electron chi connectivity index (χ2n) is 10.7. The van der Waals surface area contributed by atoms with Crippen LogP contribution in [0.1, 0.15) is 37.5 Å². The van der Waals surface area contributed by atoms with Crippen molar-refractivity contribution in [3.63, 3.8) is 0 Å². The van der Waals surface area contributed by atoms with E-state index in [1.54, 1.807) is 30.3 Å². The van der Waals surface area contributed by atoms with Crippen molar-refractivity contribution < 1.29 is 17.9 Å². The van der Waals surface area contributed by atoms with Crippen LogP contribution in [0, 0.1) is 6.92 Å². The summed E-state index contributed by atoms with van der Waals surface area (Å²) in [5.41, 5.74) is 3.17. The van der Waals surface area contributed by atoms with Crippen LogP contribution in [-0.2, 0) is 26.8 Å². The van der Waals surface area contributed by atoms with Gasteiger partial charge in [-0.25, -0.2) is 8.42 Å². The molecule has 0 saturated heterocycles. The van der Waals surface area contributed by atoms with Gasteiger partial charge in [0.05, 0.1) is 17.1 Å². The fourth-order valence-electron chi connectivity index (χ4n) is 4.66. The van der Waals surface area contributed by atoms with E-state index in [1.807, 2.05) is 61.5 Å². The summed E-state index contributed by atoms with van der Waals surface area (Å²) in [7, 11) is -3.94. The van der Waals surface area contributed by atoms with Gasteiger partial charge >= 0.3 is 0 Å². The normalized spacial score (nSPS) is 15.6. The smallest absolute Gasteiger partial charge is 0.264 e. The summed E-state index contributed by atoms with van der Waals surface area (Å²) >= 11 is 0. The highest BCUT2D eigenvalue weighted by Crippen LogP contribution is 2.40. The lowest BCUT2D eigenvalue weighted by atomic mass is 9.86. The number of nitrogens with one attached hydrogen (secondary N) is 1. The third-order valence-electron chi connectivity index (χ3n) is 6.93. The molecule has 1 unspecified atom stereocenters. The minimum atomic E-state index is -3.94. The Kier molecular flexibility index (Phi) is 6.65. The molecule has 1 aliphatic rings. The number of ether oxygens (including phenoxy) is 1. The van der Waals surface area contributed by atoms with Crippen LogP contribution in [0.5, 0.6) is 5.75 Å². The summed E-state index contributed by atoms with van der Waals surface area (Å²) in [6, 6.07) is 26.2. The van der Waals surface area contributed by atoms with Crippen LogP contribution in [-0.4, -0.2) is 27.0 Å². The quantitative estimate of drug-likeness (QED) is 0.360. The number of amides is 1. The number of fused-ring (bicyclic) bond motifs is 2. The zero-order valence-electron chi connectivity index (χ0n) is 22.1. The topological polar surface area (TPSA) is 75.7 Å². The van der Waals surface area contributed by atoms with E-state index in [2.05, 4.69) is 26.1 Å². The maximum atomic E-state index is 13.9. The molecule has 0 bridgehead atoms. The molecule has 0 aliphatic carbocycles. The highest BCUT2D eigenvalue weighted by Gasteiger charge is 2.38. The van der Waals surface area contributed by atoms with Crippen LogP contribution in [0.3, 0.4) is 0 Å². The standard InChI is InChI=1S/C31H32N2O4S/c1-21-12-15-25(16-13-21)38(35,36)33-20-29(37-28-17-14-24(18-27(28)33)31(2,3)4)30(34)32-19-23-10-7-9-22-8-5-6-11-26(22)23/h5-18,29H,19-20H2,1-4H3,(H,32,34). The number of nitrogens with zero attached hydrogens (tertiary/aromatic N) is 1. The maximum absolute atomic E-state index is 13.9. The Morgan fingerprint density at radius 2 is 1.68 bits per heavy atom. The molecule has 7 heteroatoms. The SMILES string of the molecule is Cc1ccc(S(=O)(=O)N2CC(C(=O)NCc3cccc4ccccc34)Oc3ccc(C(C)(C)C)cc32)cc1. The third kappa shape index (κ3) is 4.98. The summed E-state index contributed by atoms with van der Waals surface area (Å²) in [6.45, 7) is 8.30. The van der Waals surface area contributed by atoms with Crippen molar-refractivity contribution in [3.8, 4) is 5.75 Å². The van der Waals surface area contributed by atoms with E-state index < -0.39 is 16.1 Å². The van der Waals surface area contributed by atoms with Gasteiger partial charge in [0.25, 0.3) is 15.9 Å². The molecule has 1 heterocycles. The first-order valence-electron chi connectivity index (χ1n) is 12.7. The van der Waals surface area contributed by atoms with Gasteiger partial charge in [0.1, 0.15) is 5.75 Å². The Morgan fingerprint density at radius 3 is 2.42 bits per heavy atom. The lowest BCUT2D eigenvalue weighted by Gasteiger charge is -2.36. The van der Waals surface area contributed by atoms with Crippen molar-refractivity contribution in [1.29, 1.82) is 0 Å². The molecule has 1 amide bonds. The average Bonchev–Trinajstić information content (AvgIpc) is 2.90. The third-order valence-corrected chi connectivity index (χ3v) is 8.72. The van der Waals surface area contributed by atoms with Crippen LogP contribution < -0.4 is 14.4 Å². The molecule has 196 valence electrons. The highest BCUT2D eigenvalue weighted by atomic mass is 32.2. The Labute approximate surface area is 224 Å². The molecule has 1 aliphatic heterocycles. The van der Waals surface area contributed by atoms with Crippen LogP contribution in [0.4, 0.5) is 5.69 Å². The number of benzene rings is 4. The Balaban J connectivity index is 1.47. The number of hydrogen-bond donors (Lipinski definition) is 1. The zero-order valence-corrected chi connectivity index (χ0v) is 22.9. The zero-order chi connectivity index (χ0) is 27.1. The number of carbonyl (C=O) groups excluding carboxylic acids is 1. The van der Waals surface area contributed by atoms with Gasteiger partial charge in [-0.05, 0) is 58.5 Å². The maximum Gasteiger partial charge on any atom is 0.264 e. The van der Waals surface area contributed by atoms with Crippen molar-refractivity contribution in [2.24, 2.45) is 0 Å². The van der Waals surface area contributed by atoms with Gasteiger partial charge in [-0.1, -0.05) is 87.0 Å². The Hall–Kier alpha value is -3.84. The van der Waals surface area contributed by atoms with Gasteiger partial charge in [0.2, 0.25) is 0 Å². The average molecular weight is 529 g/mol. The predicted molar refractivity (Wildman–Crippen MR) is 151 cm³/mol. The van der Waals surface area contributed by atoms with E-state index in [-0.39, 0.29) is 22.8 Å². The van der Waals surface area contributed by atoms with Crippen LogP contribution in [0.15, 0.2) is 89.8 Å². The van der Waals surface area contributed by atoms with Gasteiger partial charge in [0.15, 0.2) is 6.10 Å². The summed E-state index contributed by atoms with van der Waals surface area (Å²) in [5.74, 6) is -0.00200. The first-order chi connectivity index (χ1) is 18.0. The van der Waals surface area contributed by atoms with Crippen molar-refractivity contribution in [2.75, 3.05) is 10.8 Å². The minimum absolute atomic E-state index is 0.127. The molecule has 4 aromatic carbocycles. The Morgan fingerprint density at radius 1 is 0.974 bits per heavy atom. The van der Waals surface area contributed by atoms with E-state index in [1.165, 1.54) is 4.31 Å². The second kappa shape index (κ2) is 9.80. The van der Waals surface area contributed by atoms with Crippen LogP contribution >= 0.6 is 0 Å². The van der Waals surface area contributed by atoms with Crippen LogP contribution in [0.25, 0.3) is 10.8 Å². The molecule has 1 atom stereocenters. The molecule has 0 fully saturated rings. The van der Waals surface area contributed by atoms with Crippen molar-refractivity contribution in [2.45, 2.75) is 50.7 Å². The first-order valence-corrected chi connectivity index (χ1v) is 14.1. The Bertz CT molecular complexity index is 1600. The molecule has 0 spiro atoms. The molecule has 1 N–H and O–H groups in total. The molecule has 0 saturated carbocycles. The molecule has 0 radical (unpaired) electrons. The highest BCUT2D eigenvalue weighted by molar-refractivity contribution is 7.92. The van der Waals surface area contributed by atoms with Gasteiger partial charge in [0, 0.05) is 6.54 Å².